The smallest absolute Gasteiger partial charge is 0.257 e. The number of carbonyl (C=O) groups is 1. The zero-order valence-electron chi connectivity index (χ0n) is 11.8. The second kappa shape index (κ2) is 6.35. The summed E-state index contributed by atoms with van der Waals surface area (Å²) in [5.74, 6) is -0.892. The molecular weight excluding hydrogens is 276 g/mol. The number of hydrogen-bond donors (Lipinski definition) is 0. The Balaban J connectivity index is 2.19. The van der Waals surface area contributed by atoms with Gasteiger partial charge in [-0.3, -0.25) is 4.79 Å². The highest BCUT2D eigenvalue weighted by molar-refractivity contribution is 5.96. The van der Waals surface area contributed by atoms with Crippen molar-refractivity contribution in [1.29, 1.82) is 0 Å². The minimum Gasteiger partial charge on any atom is -0.496 e. The van der Waals surface area contributed by atoms with Crippen LogP contribution < -0.4 is 4.74 Å². The second-order valence-corrected chi connectivity index (χ2v) is 4.63. The number of rotatable bonds is 4. The first-order valence-corrected chi connectivity index (χ1v) is 6.34. The predicted molar refractivity (Wildman–Crippen MR) is 75.1 cm³/mol. The molecule has 0 aliphatic heterocycles. The minimum absolute atomic E-state index is 0.155. The van der Waals surface area contributed by atoms with Crippen LogP contribution in [0.1, 0.15) is 15.9 Å². The molecule has 2 rings (SSSR count). The summed E-state index contributed by atoms with van der Waals surface area (Å²) in [6.07, 6.45) is 0. The van der Waals surface area contributed by atoms with Gasteiger partial charge < -0.3 is 9.64 Å². The fourth-order valence-corrected chi connectivity index (χ4v) is 1.99. The van der Waals surface area contributed by atoms with Crippen LogP contribution in [0.5, 0.6) is 5.75 Å². The highest BCUT2D eigenvalue weighted by atomic mass is 19.1. The Hall–Kier alpha value is -2.43. The van der Waals surface area contributed by atoms with E-state index in [-0.39, 0.29) is 17.3 Å². The first kappa shape index (κ1) is 15.0. The Labute approximate surface area is 121 Å². The van der Waals surface area contributed by atoms with Crippen molar-refractivity contribution in [3.8, 4) is 5.75 Å². The van der Waals surface area contributed by atoms with Crippen LogP contribution in [0, 0.1) is 11.6 Å². The number of carbonyl (C=O) groups excluding carboxylic acids is 1. The molecule has 0 aliphatic rings. The van der Waals surface area contributed by atoms with Crippen LogP contribution in [0.15, 0.2) is 42.5 Å². The lowest BCUT2D eigenvalue weighted by Crippen LogP contribution is -2.26. The summed E-state index contributed by atoms with van der Waals surface area (Å²) in [5, 5.41) is 0. The maximum atomic E-state index is 13.3. The average Bonchev–Trinajstić information content (AvgIpc) is 2.48. The summed E-state index contributed by atoms with van der Waals surface area (Å²) in [4.78, 5) is 13.8. The van der Waals surface area contributed by atoms with Gasteiger partial charge in [0.05, 0.1) is 12.7 Å². The molecule has 0 saturated heterocycles. The van der Waals surface area contributed by atoms with Gasteiger partial charge in [-0.1, -0.05) is 12.1 Å². The van der Waals surface area contributed by atoms with Crippen molar-refractivity contribution >= 4 is 5.91 Å². The van der Waals surface area contributed by atoms with Gasteiger partial charge in [-0.15, -0.1) is 0 Å². The van der Waals surface area contributed by atoms with Crippen molar-refractivity contribution < 1.29 is 18.3 Å². The van der Waals surface area contributed by atoms with Crippen molar-refractivity contribution in [2.24, 2.45) is 0 Å². The fourth-order valence-electron chi connectivity index (χ4n) is 1.99. The molecule has 0 bridgehead atoms. The first-order chi connectivity index (χ1) is 10.0. The molecule has 0 atom stereocenters. The van der Waals surface area contributed by atoms with Crippen LogP contribution in [0.3, 0.4) is 0 Å². The van der Waals surface area contributed by atoms with Crippen molar-refractivity contribution in [2.75, 3.05) is 14.2 Å². The highest BCUT2D eigenvalue weighted by Crippen LogP contribution is 2.21. The number of methoxy groups -OCH3 is 1. The zero-order chi connectivity index (χ0) is 15.4. The summed E-state index contributed by atoms with van der Waals surface area (Å²) in [6.45, 7) is 0.290. The fraction of sp³-hybridized carbons (Fsp3) is 0.188. The molecule has 2 aromatic rings. The van der Waals surface area contributed by atoms with E-state index < -0.39 is 5.82 Å². The van der Waals surface area contributed by atoms with E-state index in [0.717, 1.165) is 11.6 Å². The highest BCUT2D eigenvalue weighted by Gasteiger charge is 2.17. The molecule has 5 heteroatoms. The van der Waals surface area contributed by atoms with E-state index in [1.165, 1.54) is 36.3 Å². The Kier molecular flexibility index (Phi) is 4.52. The third-order valence-electron chi connectivity index (χ3n) is 3.07. The quantitative estimate of drug-likeness (QED) is 0.865. The topological polar surface area (TPSA) is 29.5 Å². The maximum Gasteiger partial charge on any atom is 0.257 e. The van der Waals surface area contributed by atoms with E-state index >= 15 is 0 Å². The van der Waals surface area contributed by atoms with Crippen molar-refractivity contribution in [2.45, 2.75) is 6.54 Å². The summed E-state index contributed by atoms with van der Waals surface area (Å²) >= 11 is 0. The van der Waals surface area contributed by atoms with E-state index in [9.17, 15) is 13.6 Å². The van der Waals surface area contributed by atoms with E-state index in [2.05, 4.69) is 0 Å². The van der Waals surface area contributed by atoms with Crippen LogP contribution in [0.2, 0.25) is 0 Å². The van der Waals surface area contributed by atoms with Crippen LogP contribution in [0.25, 0.3) is 0 Å². The molecule has 0 unspecified atom stereocenters. The lowest BCUT2D eigenvalue weighted by Gasteiger charge is -2.19. The molecule has 0 aliphatic carbocycles. The van der Waals surface area contributed by atoms with Gasteiger partial charge in [-0.2, -0.15) is 0 Å². The number of benzene rings is 2. The van der Waals surface area contributed by atoms with Gasteiger partial charge in [0.25, 0.3) is 5.91 Å². The number of halogens is 2. The number of ether oxygens (including phenoxy) is 1. The Morgan fingerprint density at radius 2 is 1.71 bits per heavy atom. The molecule has 0 spiro atoms. The number of hydrogen-bond acceptors (Lipinski definition) is 2. The van der Waals surface area contributed by atoms with Gasteiger partial charge in [0, 0.05) is 13.6 Å². The molecule has 0 saturated carbocycles. The van der Waals surface area contributed by atoms with Gasteiger partial charge >= 0.3 is 0 Å². The summed E-state index contributed by atoms with van der Waals surface area (Å²) < 4.78 is 31.2. The Bertz CT molecular complexity index is 641. The molecular formula is C16H15F2NO2. The molecule has 0 fully saturated rings. The number of amides is 1. The SMILES string of the molecule is COc1ccc(F)cc1C(=O)N(C)Cc1ccc(F)cc1. The van der Waals surface area contributed by atoms with Crippen molar-refractivity contribution in [3.05, 3.63) is 65.2 Å². The molecule has 0 heterocycles. The van der Waals surface area contributed by atoms with E-state index in [1.54, 1.807) is 19.2 Å². The zero-order valence-corrected chi connectivity index (χ0v) is 11.8. The van der Waals surface area contributed by atoms with Crippen LogP contribution in [-0.2, 0) is 6.54 Å². The molecule has 2 aromatic carbocycles. The molecule has 0 aromatic heterocycles. The molecule has 0 N–H and O–H groups in total. The summed E-state index contributed by atoms with van der Waals surface area (Å²) in [7, 11) is 3.01. The van der Waals surface area contributed by atoms with Gasteiger partial charge in [-0.25, -0.2) is 8.78 Å². The molecule has 110 valence electrons. The molecule has 1 amide bonds. The number of nitrogens with zero attached hydrogens (tertiary/aromatic N) is 1. The molecule has 21 heavy (non-hydrogen) atoms. The van der Waals surface area contributed by atoms with Crippen molar-refractivity contribution in [1.82, 2.24) is 4.90 Å². The van der Waals surface area contributed by atoms with E-state index in [1.807, 2.05) is 0 Å². The monoisotopic (exact) mass is 291 g/mol. The summed E-state index contributed by atoms with van der Waals surface area (Å²) in [6, 6.07) is 9.64. The van der Waals surface area contributed by atoms with Crippen LogP contribution >= 0.6 is 0 Å². The Morgan fingerprint density at radius 3 is 2.33 bits per heavy atom. The van der Waals surface area contributed by atoms with Crippen molar-refractivity contribution in [3.63, 3.8) is 0 Å². The van der Waals surface area contributed by atoms with Gasteiger partial charge in [-0.05, 0) is 35.9 Å². The average molecular weight is 291 g/mol. The predicted octanol–water partition coefficient (Wildman–Crippen LogP) is 3.25. The normalized spacial score (nSPS) is 10.3. The molecule has 3 nitrogen and oxygen atoms in total. The van der Waals surface area contributed by atoms with Crippen LogP contribution in [0.4, 0.5) is 8.78 Å². The minimum atomic E-state index is -0.505. The van der Waals surface area contributed by atoms with Crippen LogP contribution in [-0.4, -0.2) is 25.0 Å². The standard InChI is InChI=1S/C16H15F2NO2/c1-19(10-11-3-5-12(17)6-4-11)16(20)14-9-13(18)7-8-15(14)21-2/h3-9H,10H2,1-2H3. The lowest BCUT2D eigenvalue weighted by atomic mass is 10.1. The third-order valence-corrected chi connectivity index (χ3v) is 3.07. The third kappa shape index (κ3) is 3.56. The maximum absolute atomic E-state index is 13.3. The second-order valence-electron chi connectivity index (χ2n) is 4.63. The van der Waals surface area contributed by atoms with Gasteiger partial charge in [0.15, 0.2) is 0 Å². The van der Waals surface area contributed by atoms with Gasteiger partial charge in [0.1, 0.15) is 17.4 Å². The lowest BCUT2D eigenvalue weighted by molar-refractivity contribution is 0.0781. The molecule has 0 radical (unpaired) electrons. The van der Waals surface area contributed by atoms with E-state index in [0.29, 0.717) is 12.3 Å². The Morgan fingerprint density at radius 1 is 1.10 bits per heavy atom. The summed E-state index contributed by atoms with van der Waals surface area (Å²) in [5.41, 5.74) is 0.935. The largest absolute Gasteiger partial charge is 0.496 e. The van der Waals surface area contributed by atoms with Gasteiger partial charge in [0.2, 0.25) is 0 Å². The van der Waals surface area contributed by atoms with E-state index in [4.69, 9.17) is 4.74 Å². The first-order valence-electron chi connectivity index (χ1n) is 6.34.